The van der Waals surface area contributed by atoms with E-state index < -0.39 is 0 Å². The number of hydrazine groups is 1. The molecule has 0 aliphatic rings. The minimum atomic E-state index is -0.0627. The standard InChI is InChI=1S/C17H26N4/c1-5-21-15(11-13(2)20-21)12-16(19-18)17(3,4)14-9-7-6-8-10-14/h6-11,16,19H,5,12,18H2,1-4H3. The highest BCUT2D eigenvalue weighted by Gasteiger charge is 2.31. The summed E-state index contributed by atoms with van der Waals surface area (Å²) < 4.78 is 2.06. The minimum absolute atomic E-state index is 0.0627. The van der Waals surface area contributed by atoms with Crippen molar-refractivity contribution in [2.45, 2.75) is 52.1 Å². The first-order chi connectivity index (χ1) is 9.98. The van der Waals surface area contributed by atoms with Gasteiger partial charge in [-0.2, -0.15) is 5.10 Å². The quantitative estimate of drug-likeness (QED) is 0.634. The summed E-state index contributed by atoms with van der Waals surface area (Å²) in [5.41, 5.74) is 6.51. The van der Waals surface area contributed by atoms with Crippen LogP contribution >= 0.6 is 0 Å². The Hall–Kier alpha value is -1.65. The van der Waals surface area contributed by atoms with Gasteiger partial charge < -0.3 is 0 Å². The Labute approximate surface area is 127 Å². The van der Waals surface area contributed by atoms with E-state index in [9.17, 15) is 0 Å². The Bertz CT molecular complexity index is 572. The number of hydrogen-bond acceptors (Lipinski definition) is 3. The van der Waals surface area contributed by atoms with Gasteiger partial charge in [-0.05, 0) is 25.5 Å². The second kappa shape index (κ2) is 6.41. The third-order valence-corrected chi connectivity index (χ3v) is 4.29. The van der Waals surface area contributed by atoms with Gasteiger partial charge in [0.15, 0.2) is 0 Å². The van der Waals surface area contributed by atoms with Crippen molar-refractivity contribution in [3.63, 3.8) is 0 Å². The number of aryl methyl sites for hydroxylation is 2. The van der Waals surface area contributed by atoms with Crippen molar-refractivity contribution in [2.24, 2.45) is 5.84 Å². The smallest absolute Gasteiger partial charge is 0.0596 e. The molecule has 0 radical (unpaired) electrons. The summed E-state index contributed by atoms with van der Waals surface area (Å²) in [5, 5.41) is 4.52. The topological polar surface area (TPSA) is 55.9 Å². The summed E-state index contributed by atoms with van der Waals surface area (Å²) in [5.74, 6) is 5.86. The van der Waals surface area contributed by atoms with E-state index in [1.165, 1.54) is 11.3 Å². The van der Waals surface area contributed by atoms with Gasteiger partial charge in [-0.3, -0.25) is 16.0 Å². The fraction of sp³-hybridized carbons (Fsp3) is 0.471. The maximum Gasteiger partial charge on any atom is 0.0596 e. The highest BCUT2D eigenvalue weighted by molar-refractivity contribution is 5.27. The van der Waals surface area contributed by atoms with Crippen LogP contribution in [0.15, 0.2) is 36.4 Å². The van der Waals surface area contributed by atoms with E-state index in [0.717, 1.165) is 18.7 Å². The average Bonchev–Trinajstić information content (AvgIpc) is 2.85. The molecule has 2 aromatic rings. The molecule has 1 atom stereocenters. The Balaban J connectivity index is 2.27. The molecular weight excluding hydrogens is 260 g/mol. The SMILES string of the molecule is CCn1nc(C)cc1CC(NN)C(C)(C)c1ccccc1. The van der Waals surface area contributed by atoms with Crippen LogP contribution in [0.1, 0.15) is 37.7 Å². The Morgan fingerprint density at radius 2 is 1.95 bits per heavy atom. The number of rotatable bonds is 6. The highest BCUT2D eigenvalue weighted by Crippen LogP contribution is 2.28. The van der Waals surface area contributed by atoms with Crippen LogP contribution in [-0.4, -0.2) is 15.8 Å². The second-order valence-corrected chi connectivity index (χ2v) is 6.10. The van der Waals surface area contributed by atoms with E-state index in [1.54, 1.807) is 0 Å². The van der Waals surface area contributed by atoms with Crippen LogP contribution in [0, 0.1) is 6.92 Å². The van der Waals surface area contributed by atoms with Crippen molar-refractivity contribution in [3.8, 4) is 0 Å². The Kier molecular flexibility index (Phi) is 4.80. The van der Waals surface area contributed by atoms with Crippen LogP contribution in [-0.2, 0) is 18.4 Å². The monoisotopic (exact) mass is 286 g/mol. The molecule has 1 aromatic carbocycles. The molecule has 114 valence electrons. The molecule has 0 aliphatic carbocycles. The molecule has 0 saturated heterocycles. The van der Waals surface area contributed by atoms with Crippen LogP contribution in [0.4, 0.5) is 0 Å². The fourth-order valence-corrected chi connectivity index (χ4v) is 2.84. The van der Waals surface area contributed by atoms with Crippen molar-refractivity contribution in [2.75, 3.05) is 0 Å². The molecule has 4 heteroatoms. The first-order valence-electron chi connectivity index (χ1n) is 7.54. The number of hydrogen-bond donors (Lipinski definition) is 2. The van der Waals surface area contributed by atoms with Crippen molar-refractivity contribution in [1.29, 1.82) is 0 Å². The molecule has 1 aromatic heterocycles. The number of nitrogens with zero attached hydrogens (tertiary/aromatic N) is 2. The van der Waals surface area contributed by atoms with Gasteiger partial charge in [-0.15, -0.1) is 0 Å². The molecule has 21 heavy (non-hydrogen) atoms. The molecule has 1 unspecified atom stereocenters. The third kappa shape index (κ3) is 3.34. The minimum Gasteiger partial charge on any atom is -0.271 e. The predicted octanol–water partition coefficient (Wildman–Crippen LogP) is 2.56. The lowest BCUT2D eigenvalue weighted by atomic mass is 9.76. The number of benzene rings is 1. The van der Waals surface area contributed by atoms with Crippen LogP contribution in [0.25, 0.3) is 0 Å². The van der Waals surface area contributed by atoms with Gasteiger partial charge in [0.05, 0.1) is 5.69 Å². The lowest BCUT2D eigenvalue weighted by Gasteiger charge is -2.34. The Morgan fingerprint density at radius 1 is 1.29 bits per heavy atom. The van der Waals surface area contributed by atoms with Gasteiger partial charge in [0.25, 0.3) is 0 Å². The first-order valence-corrected chi connectivity index (χ1v) is 7.54. The maximum atomic E-state index is 5.86. The lowest BCUT2D eigenvalue weighted by Crippen LogP contribution is -2.49. The van der Waals surface area contributed by atoms with Crippen LogP contribution in [0.5, 0.6) is 0 Å². The van der Waals surface area contributed by atoms with E-state index in [0.29, 0.717) is 0 Å². The zero-order valence-corrected chi connectivity index (χ0v) is 13.4. The van der Waals surface area contributed by atoms with Crippen LogP contribution in [0.2, 0.25) is 0 Å². The largest absolute Gasteiger partial charge is 0.271 e. The number of nitrogens with one attached hydrogen (secondary N) is 1. The van der Waals surface area contributed by atoms with E-state index >= 15 is 0 Å². The van der Waals surface area contributed by atoms with E-state index in [1.807, 2.05) is 13.0 Å². The van der Waals surface area contributed by atoms with E-state index in [4.69, 9.17) is 5.84 Å². The van der Waals surface area contributed by atoms with Crippen LogP contribution in [0.3, 0.4) is 0 Å². The fourth-order valence-electron chi connectivity index (χ4n) is 2.84. The molecule has 2 rings (SSSR count). The lowest BCUT2D eigenvalue weighted by molar-refractivity contribution is 0.335. The molecule has 0 saturated carbocycles. The maximum absolute atomic E-state index is 5.86. The molecule has 1 heterocycles. The predicted molar refractivity (Wildman–Crippen MR) is 86.9 cm³/mol. The van der Waals surface area contributed by atoms with Gasteiger partial charge in [0, 0.05) is 30.1 Å². The summed E-state index contributed by atoms with van der Waals surface area (Å²) in [7, 11) is 0. The molecule has 0 spiro atoms. The molecule has 0 fully saturated rings. The summed E-state index contributed by atoms with van der Waals surface area (Å²) in [6.45, 7) is 9.48. The molecule has 0 amide bonds. The average molecular weight is 286 g/mol. The summed E-state index contributed by atoms with van der Waals surface area (Å²) in [6.07, 6.45) is 0.854. The van der Waals surface area contributed by atoms with Gasteiger partial charge in [0.1, 0.15) is 0 Å². The van der Waals surface area contributed by atoms with Gasteiger partial charge in [-0.25, -0.2) is 0 Å². The highest BCUT2D eigenvalue weighted by atomic mass is 15.3. The normalized spacial score (nSPS) is 13.4. The summed E-state index contributed by atoms with van der Waals surface area (Å²) in [4.78, 5) is 0. The van der Waals surface area contributed by atoms with Gasteiger partial charge in [0.2, 0.25) is 0 Å². The zero-order chi connectivity index (χ0) is 15.5. The zero-order valence-electron chi connectivity index (χ0n) is 13.4. The number of aromatic nitrogens is 2. The summed E-state index contributed by atoms with van der Waals surface area (Å²) in [6, 6.07) is 12.8. The molecule has 4 nitrogen and oxygen atoms in total. The van der Waals surface area contributed by atoms with Crippen LogP contribution < -0.4 is 11.3 Å². The third-order valence-electron chi connectivity index (χ3n) is 4.29. The number of nitrogens with two attached hydrogens (primary N) is 1. The van der Waals surface area contributed by atoms with E-state index in [-0.39, 0.29) is 11.5 Å². The van der Waals surface area contributed by atoms with Gasteiger partial charge >= 0.3 is 0 Å². The molecule has 0 aliphatic heterocycles. The molecule has 3 N–H and O–H groups in total. The summed E-state index contributed by atoms with van der Waals surface area (Å²) >= 11 is 0. The second-order valence-electron chi connectivity index (χ2n) is 6.10. The molecular formula is C17H26N4. The Morgan fingerprint density at radius 3 is 2.52 bits per heavy atom. The van der Waals surface area contributed by atoms with Gasteiger partial charge in [-0.1, -0.05) is 44.2 Å². The molecule has 0 bridgehead atoms. The van der Waals surface area contributed by atoms with E-state index in [2.05, 4.69) is 66.3 Å². The first kappa shape index (κ1) is 15.7. The van der Waals surface area contributed by atoms with Crippen molar-refractivity contribution in [1.82, 2.24) is 15.2 Å². The van der Waals surface area contributed by atoms with Crippen molar-refractivity contribution < 1.29 is 0 Å². The van der Waals surface area contributed by atoms with Crippen molar-refractivity contribution >= 4 is 0 Å². The van der Waals surface area contributed by atoms with Crippen molar-refractivity contribution in [3.05, 3.63) is 53.3 Å².